The van der Waals surface area contributed by atoms with Gasteiger partial charge in [-0.25, -0.2) is 9.97 Å². The molecule has 1 aromatic carbocycles. The summed E-state index contributed by atoms with van der Waals surface area (Å²) >= 11 is 5.81. The summed E-state index contributed by atoms with van der Waals surface area (Å²) in [6, 6.07) is 3.03. The van der Waals surface area contributed by atoms with Gasteiger partial charge in [0.1, 0.15) is 12.1 Å². The first kappa shape index (κ1) is 7.31. The smallest absolute Gasteiger partial charge is 0.117 e. The van der Waals surface area contributed by atoms with Crippen LogP contribution in [0.2, 0.25) is 5.02 Å². The molecule has 12 heavy (non-hydrogen) atoms. The van der Waals surface area contributed by atoms with Crippen LogP contribution in [0.5, 0.6) is 5.75 Å². The van der Waals surface area contributed by atoms with Crippen LogP contribution in [0.25, 0.3) is 10.9 Å². The van der Waals surface area contributed by atoms with Gasteiger partial charge < -0.3 is 5.11 Å². The normalized spacial score (nSPS) is 10.4. The lowest BCUT2D eigenvalue weighted by atomic mass is 10.2. The summed E-state index contributed by atoms with van der Waals surface area (Å²) in [4.78, 5) is 7.78. The third kappa shape index (κ3) is 1.08. The summed E-state index contributed by atoms with van der Waals surface area (Å²) in [5.41, 5.74) is 0.657. The molecule has 1 heterocycles. The highest BCUT2D eigenvalue weighted by molar-refractivity contribution is 6.35. The number of phenols is 1. The van der Waals surface area contributed by atoms with Crippen molar-refractivity contribution in [3.05, 3.63) is 29.7 Å². The Balaban J connectivity index is 2.89. The summed E-state index contributed by atoms with van der Waals surface area (Å²) in [5, 5.41) is 10.3. The van der Waals surface area contributed by atoms with E-state index in [1.165, 1.54) is 12.4 Å². The Bertz CT molecular complexity index is 430. The molecule has 0 spiro atoms. The zero-order chi connectivity index (χ0) is 8.55. The largest absolute Gasteiger partial charge is 0.508 e. The molecule has 60 valence electrons. The zero-order valence-corrected chi connectivity index (χ0v) is 6.78. The van der Waals surface area contributed by atoms with Crippen molar-refractivity contribution in [2.45, 2.75) is 0 Å². The number of benzene rings is 1. The number of fused-ring (bicyclic) bond motifs is 1. The summed E-state index contributed by atoms with van der Waals surface area (Å²) in [5.74, 6) is 0.127. The molecule has 0 aliphatic carbocycles. The lowest BCUT2D eigenvalue weighted by Gasteiger charge is -1.98. The van der Waals surface area contributed by atoms with Crippen LogP contribution in [0, 0.1) is 0 Å². The molecule has 1 N–H and O–H groups in total. The van der Waals surface area contributed by atoms with Crippen LogP contribution in [0.15, 0.2) is 24.7 Å². The molecule has 3 nitrogen and oxygen atoms in total. The predicted molar refractivity (Wildman–Crippen MR) is 46.2 cm³/mol. The summed E-state index contributed by atoms with van der Waals surface area (Å²) in [7, 11) is 0. The van der Waals surface area contributed by atoms with Crippen LogP contribution < -0.4 is 0 Å². The summed E-state index contributed by atoms with van der Waals surface area (Å²) in [6.07, 6.45) is 3.03. The van der Waals surface area contributed by atoms with Gasteiger partial charge in [0.25, 0.3) is 0 Å². The molecule has 0 fully saturated rings. The molecule has 2 rings (SSSR count). The van der Waals surface area contributed by atoms with E-state index in [1.54, 1.807) is 12.3 Å². The Morgan fingerprint density at radius 3 is 3.00 bits per heavy atom. The van der Waals surface area contributed by atoms with Crippen molar-refractivity contribution in [1.29, 1.82) is 0 Å². The Hall–Kier alpha value is -1.35. The lowest BCUT2D eigenvalue weighted by Crippen LogP contribution is -1.81. The van der Waals surface area contributed by atoms with Crippen LogP contribution in [0.3, 0.4) is 0 Å². The Kier molecular flexibility index (Phi) is 1.59. The Morgan fingerprint density at radius 2 is 2.17 bits per heavy atom. The molecule has 4 heteroatoms. The number of halogens is 1. The summed E-state index contributed by atoms with van der Waals surface area (Å²) < 4.78 is 0. The topological polar surface area (TPSA) is 46.0 Å². The van der Waals surface area contributed by atoms with Gasteiger partial charge in [0.05, 0.1) is 10.5 Å². The van der Waals surface area contributed by atoms with E-state index < -0.39 is 0 Å². The number of nitrogens with zero attached hydrogens (tertiary/aromatic N) is 2. The Morgan fingerprint density at radius 1 is 1.33 bits per heavy atom. The maximum absolute atomic E-state index is 9.17. The molecule has 0 amide bonds. The van der Waals surface area contributed by atoms with Gasteiger partial charge in [0.2, 0.25) is 0 Å². The van der Waals surface area contributed by atoms with E-state index in [2.05, 4.69) is 9.97 Å². The van der Waals surface area contributed by atoms with Gasteiger partial charge in [0, 0.05) is 17.6 Å². The second-order valence-corrected chi connectivity index (χ2v) is 2.80. The van der Waals surface area contributed by atoms with Crippen molar-refractivity contribution in [3.8, 4) is 5.75 Å². The lowest BCUT2D eigenvalue weighted by molar-refractivity contribution is 0.476. The molecular formula is C8H5ClN2O. The van der Waals surface area contributed by atoms with E-state index in [9.17, 15) is 5.11 Å². The standard InChI is InChI=1S/C8H5ClN2O/c9-7-2-6(12)1-5-3-10-4-11-8(5)7/h1-4,12H. The maximum Gasteiger partial charge on any atom is 0.117 e. The fraction of sp³-hybridized carbons (Fsp3) is 0. The molecule has 2 aromatic rings. The molecule has 0 aliphatic heterocycles. The van der Waals surface area contributed by atoms with Crippen LogP contribution in [0.1, 0.15) is 0 Å². The van der Waals surface area contributed by atoms with Gasteiger partial charge in [-0.05, 0) is 6.07 Å². The number of rotatable bonds is 0. The monoisotopic (exact) mass is 180 g/mol. The second kappa shape index (κ2) is 2.60. The average Bonchev–Trinajstić information content (AvgIpc) is 2.04. The molecule has 0 bridgehead atoms. The zero-order valence-electron chi connectivity index (χ0n) is 6.03. The average molecular weight is 181 g/mol. The van der Waals surface area contributed by atoms with Crippen LogP contribution in [-0.2, 0) is 0 Å². The number of aromatic hydroxyl groups is 1. The van der Waals surface area contributed by atoms with E-state index in [1.807, 2.05) is 0 Å². The molecule has 0 aliphatic rings. The van der Waals surface area contributed by atoms with Crippen molar-refractivity contribution in [1.82, 2.24) is 9.97 Å². The number of hydrogen-bond donors (Lipinski definition) is 1. The van der Waals surface area contributed by atoms with E-state index in [0.29, 0.717) is 10.5 Å². The number of hydrogen-bond acceptors (Lipinski definition) is 3. The SMILES string of the molecule is Oc1cc(Cl)c2ncncc2c1. The quantitative estimate of drug-likeness (QED) is 0.675. The van der Waals surface area contributed by atoms with Crippen molar-refractivity contribution in [2.24, 2.45) is 0 Å². The maximum atomic E-state index is 9.17. The highest BCUT2D eigenvalue weighted by Crippen LogP contribution is 2.25. The van der Waals surface area contributed by atoms with Gasteiger partial charge >= 0.3 is 0 Å². The molecule has 0 saturated carbocycles. The third-order valence-electron chi connectivity index (χ3n) is 1.54. The fourth-order valence-corrected chi connectivity index (χ4v) is 1.31. The molecule has 0 unspecified atom stereocenters. The van der Waals surface area contributed by atoms with E-state index in [-0.39, 0.29) is 5.75 Å². The van der Waals surface area contributed by atoms with Crippen molar-refractivity contribution < 1.29 is 5.11 Å². The van der Waals surface area contributed by atoms with E-state index in [0.717, 1.165) is 5.39 Å². The second-order valence-electron chi connectivity index (χ2n) is 2.39. The first-order chi connectivity index (χ1) is 5.77. The first-order valence-corrected chi connectivity index (χ1v) is 3.73. The Labute approximate surface area is 73.6 Å². The van der Waals surface area contributed by atoms with E-state index >= 15 is 0 Å². The third-order valence-corrected chi connectivity index (χ3v) is 1.83. The van der Waals surface area contributed by atoms with Crippen LogP contribution in [0.4, 0.5) is 0 Å². The molecule has 0 saturated heterocycles. The first-order valence-electron chi connectivity index (χ1n) is 3.35. The summed E-state index contributed by atoms with van der Waals surface area (Å²) in [6.45, 7) is 0. The van der Waals surface area contributed by atoms with Gasteiger partial charge in [-0.15, -0.1) is 0 Å². The molecule has 0 radical (unpaired) electrons. The molecule has 1 aromatic heterocycles. The van der Waals surface area contributed by atoms with Crippen molar-refractivity contribution in [3.63, 3.8) is 0 Å². The minimum absolute atomic E-state index is 0.127. The van der Waals surface area contributed by atoms with Crippen LogP contribution in [-0.4, -0.2) is 15.1 Å². The minimum atomic E-state index is 0.127. The van der Waals surface area contributed by atoms with Crippen molar-refractivity contribution in [2.75, 3.05) is 0 Å². The molecule has 0 atom stereocenters. The fourth-order valence-electron chi connectivity index (χ4n) is 1.04. The number of phenolic OH excluding ortho intramolecular Hbond substituents is 1. The van der Waals surface area contributed by atoms with Gasteiger partial charge in [0.15, 0.2) is 0 Å². The van der Waals surface area contributed by atoms with Gasteiger partial charge in [-0.2, -0.15) is 0 Å². The highest BCUT2D eigenvalue weighted by atomic mass is 35.5. The molecular weight excluding hydrogens is 176 g/mol. The highest BCUT2D eigenvalue weighted by Gasteiger charge is 2.01. The number of aromatic nitrogens is 2. The van der Waals surface area contributed by atoms with Crippen LogP contribution >= 0.6 is 11.6 Å². The predicted octanol–water partition coefficient (Wildman–Crippen LogP) is 1.99. The van der Waals surface area contributed by atoms with Gasteiger partial charge in [-0.3, -0.25) is 0 Å². The van der Waals surface area contributed by atoms with Gasteiger partial charge in [-0.1, -0.05) is 11.6 Å². The van der Waals surface area contributed by atoms with Crippen molar-refractivity contribution >= 4 is 22.5 Å². The van der Waals surface area contributed by atoms with E-state index in [4.69, 9.17) is 11.6 Å². The minimum Gasteiger partial charge on any atom is -0.508 e.